The van der Waals surface area contributed by atoms with Crippen LogP contribution in [0.2, 0.25) is 5.02 Å². The number of halogens is 1. The minimum Gasteiger partial charge on any atom is -0.342 e. The van der Waals surface area contributed by atoms with Crippen LogP contribution < -0.4 is 5.32 Å². The Morgan fingerprint density at radius 2 is 1.88 bits per heavy atom. The first-order chi connectivity index (χ1) is 11.9. The van der Waals surface area contributed by atoms with Crippen molar-refractivity contribution in [1.29, 1.82) is 0 Å². The molecule has 1 N–H and O–H groups in total. The number of thiocarbonyl (C=S) groups is 1. The highest BCUT2D eigenvalue weighted by Gasteiger charge is 2.19. The molecule has 0 amide bonds. The lowest BCUT2D eigenvalue weighted by atomic mass is 10.1. The largest absolute Gasteiger partial charge is 0.342 e. The Morgan fingerprint density at radius 1 is 1.20 bits per heavy atom. The van der Waals surface area contributed by atoms with Gasteiger partial charge < -0.3 is 10.2 Å². The van der Waals surface area contributed by atoms with Crippen LogP contribution in [0.5, 0.6) is 0 Å². The van der Waals surface area contributed by atoms with Gasteiger partial charge in [0, 0.05) is 18.9 Å². The number of benzene rings is 1. The molecular weight excluding hydrogens is 350 g/mol. The predicted molar refractivity (Wildman–Crippen MR) is 111 cm³/mol. The third-order valence-corrected chi connectivity index (χ3v) is 4.88. The van der Waals surface area contributed by atoms with E-state index in [0.717, 1.165) is 24.2 Å². The summed E-state index contributed by atoms with van der Waals surface area (Å²) in [7, 11) is 0. The highest BCUT2D eigenvalue weighted by molar-refractivity contribution is 7.80. The van der Waals surface area contributed by atoms with Crippen molar-refractivity contribution >= 4 is 34.6 Å². The van der Waals surface area contributed by atoms with Crippen molar-refractivity contribution in [1.82, 2.24) is 9.88 Å². The molecule has 0 saturated heterocycles. The van der Waals surface area contributed by atoms with Gasteiger partial charge in [-0.1, -0.05) is 31.5 Å². The molecule has 3 nitrogen and oxygen atoms in total. The van der Waals surface area contributed by atoms with Gasteiger partial charge in [0.25, 0.3) is 0 Å². The molecule has 0 saturated carbocycles. The maximum absolute atomic E-state index is 6.35. The number of aromatic nitrogens is 1. The van der Waals surface area contributed by atoms with E-state index in [1.54, 1.807) is 0 Å². The molecule has 0 aliphatic heterocycles. The number of nitrogens with zero attached hydrogens (tertiary/aromatic N) is 2. The molecule has 134 valence electrons. The first-order valence-corrected chi connectivity index (χ1v) is 9.40. The quantitative estimate of drug-likeness (QED) is 0.641. The van der Waals surface area contributed by atoms with Crippen LogP contribution in [0, 0.1) is 12.8 Å². The molecule has 0 bridgehead atoms. The molecule has 25 heavy (non-hydrogen) atoms. The highest BCUT2D eigenvalue weighted by Crippen LogP contribution is 2.26. The predicted octanol–water partition coefficient (Wildman–Crippen LogP) is 5.85. The fraction of sp³-hybridized carbons (Fsp3) is 0.400. The van der Waals surface area contributed by atoms with E-state index in [0.29, 0.717) is 16.1 Å². The second kappa shape index (κ2) is 9.16. The van der Waals surface area contributed by atoms with E-state index in [4.69, 9.17) is 23.8 Å². The lowest BCUT2D eigenvalue weighted by Crippen LogP contribution is -2.38. The van der Waals surface area contributed by atoms with Crippen molar-refractivity contribution in [3.05, 3.63) is 58.9 Å². The Bertz CT molecular complexity index is 703. The van der Waals surface area contributed by atoms with E-state index in [1.807, 2.05) is 49.6 Å². The monoisotopic (exact) mass is 375 g/mol. The number of pyridine rings is 1. The van der Waals surface area contributed by atoms with Gasteiger partial charge in [0.05, 0.1) is 16.8 Å². The summed E-state index contributed by atoms with van der Waals surface area (Å²) in [5.74, 6) is 0.609. The van der Waals surface area contributed by atoms with Gasteiger partial charge in [0.1, 0.15) is 0 Å². The van der Waals surface area contributed by atoms with Crippen molar-refractivity contribution in [2.45, 2.75) is 40.2 Å². The summed E-state index contributed by atoms with van der Waals surface area (Å²) in [5, 5.41) is 4.70. The standard InChI is InChI=1S/C20H26ClN3S/c1-14(2)9-12-24(16(4)17-7-10-22-11-8-17)20(25)23-19-6-5-15(3)13-18(19)21/h5-8,10-11,13-14,16H,9,12H2,1-4H3,(H,23,25)/t16-/m1/s1. The topological polar surface area (TPSA) is 28.2 Å². The molecule has 2 aromatic rings. The van der Waals surface area contributed by atoms with Crippen LogP contribution in [-0.4, -0.2) is 21.5 Å². The van der Waals surface area contributed by atoms with Crippen LogP contribution in [0.25, 0.3) is 0 Å². The molecule has 1 heterocycles. The fourth-order valence-corrected chi connectivity index (χ4v) is 3.24. The summed E-state index contributed by atoms with van der Waals surface area (Å²) in [6, 6.07) is 10.2. The Balaban J connectivity index is 2.20. The zero-order valence-electron chi connectivity index (χ0n) is 15.3. The zero-order chi connectivity index (χ0) is 18.4. The Labute approximate surface area is 161 Å². The molecule has 0 unspecified atom stereocenters. The molecule has 1 aromatic carbocycles. The molecule has 1 atom stereocenters. The highest BCUT2D eigenvalue weighted by atomic mass is 35.5. The van der Waals surface area contributed by atoms with Crippen LogP contribution in [0.4, 0.5) is 5.69 Å². The number of anilines is 1. The van der Waals surface area contributed by atoms with Gasteiger partial charge >= 0.3 is 0 Å². The molecule has 0 aliphatic carbocycles. The second-order valence-corrected chi connectivity index (χ2v) is 7.54. The molecule has 2 rings (SSSR count). The van der Waals surface area contributed by atoms with Gasteiger partial charge in [-0.15, -0.1) is 0 Å². The Morgan fingerprint density at radius 3 is 2.48 bits per heavy atom. The van der Waals surface area contributed by atoms with E-state index < -0.39 is 0 Å². The van der Waals surface area contributed by atoms with Crippen molar-refractivity contribution in [2.75, 3.05) is 11.9 Å². The molecule has 1 aromatic heterocycles. The minimum atomic E-state index is 0.158. The third kappa shape index (κ3) is 5.68. The smallest absolute Gasteiger partial charge is 0.173 e. The third-order valence-electron chi connectivity index (χ3n) is 4.23. The maximum Gasteiger partial charge on any atom is 0.173 e. The summed E-state index contributed by atoms with van der Waals surface area (Å²) < 4.78 is 0. The molecule has 0 spiro atoms. The van der Waals surface area contributed by atoms with Crippen molar-refractivity contribution < 1.29 is 0 Å². The summed E-state index contributed by atoms with van der Waals surface area (Å²) >= 11 is 12.1. The fourth-order valence-electron chi connectivity index (χ4n) is 2.60. The zero-order valence-corrected chi connectivity index (χ0v) is 16.9. The summed E-state index contributed by atoms with van der Waals surface area (Å²) in [5.41, 5.74) is 3.16. The average Bonchev–Trinajstić information content (AvgIpc) is 2.58. The normalized spacial score (nSPS) is 12.1. The number of nitrogens with one attached hydrogen (secondary N) is 1. The average molecular weight is 376 g/mol. The van der Waals surface area contributed by atoms with E-state index >= 15 is 0 Å². The number of aryl methyl sites for hydroxylation is 1. The summed E-state index contributed by atoms with van der Waals surface area (Å²) in [6.07, 6.45) is 4.71. The van der Waals surface area contributed by atoms with Gasteiger partial charge in [-0.05, 0) is 73.8 Å². The van der Waals surface area contributed by atoms with Crippen molar-refractivity contribution in [2.24, 2.45) is 5.92 Å². The molecule has 0 fully saturated rings. The summed E-state index contributed by atoms with van der Waals surface area (Å²) in [4.78, 5) is 6.33. The van der Waals surface area contributed by atoms with Crippen molar-refractivity contribution in [3.8, 4) is 0 Å². The van der Waals surface area contributed by atoms with Crippen LogP contribution >= 0.6 is 23.8 Å². The first kappa shape index (κ1) is 19.7. The second-order valence-electron chi connectivity index (χ2n) is 6.75. The van der Waals surface area contributed by atoms with Gasteiger partial charge in [-0.2, -0.15) is 0 Å². The number of rotatable bonds is 6. The van der Waals surface area contributed by atoms with Gasteiger partial charge in [0.15, 0.2) is 5.11 Å². The minimum absolute atomic E-state index is 0.158. The lowest BCUT2D eigenvalue weighted by molar-refractivity contribution is 0.318. The van der Waals surface area contributed by atoms with Gasteiger partial charge in [-0.3, -0.25) is 4.98 Å². The molecule has 5 heteroatoms. The Hall–Kier alpha value is -1.65. The van der Waals surface area contributed by atoms with E-state index in [1.165, 1.54) is 5.56 Å². The van der Waals surface area contributed by atoms with Gasteiger partial charge in [-0.25, -0.2) is 0 Å². The van der Waals surface area contributed by atoms with Crippen LogP contribution in [0.3, 0.4) is 0 Å². The van der Waals surface area contributed by atoms with Gasteiger partial charge in [0.2, 0.25) is 0 Å². The molecule has 0 radical (unpaired) electrons. The van der Waals surface area contributed by atoms with E-state index in [2.05, 4.69) is 36.0 Å². The number of hydrogen-bond donors (Lipinski definition) is 1. The SMILES string of the molecule is Cc1ccc(NC(=S)N(CCC(C)C)[C@H](C)c2ccncc2)c(Cl)c1. The maximum atomic E-state index is 6.35. The van der Waals surface area contributed by atoms with Crippen LogP contribution in [0.15, 0.2) is 42.7 Å². The van der Waals surface area contributed by atoms with E-state index in [9.17, 15) is 0 Å². The molecular formula is C20H26ClN3S. The van der Waals surface area contributed by atoms with Crippen molar-refractivity contribution in [3.63, 3.8) is 0 Å². The first-order valence-electron chi connectivity index (χ1n) is 8.62. The molecule has 0 aliphatic rings. The van der Waals surface area contributed by atoms with E-state index in [-0.39, 0.29) is 6.04 Å². The lowest BCUT2D eigenvalue weighted by Gasteiger charge is -2.33. The summed E-state index contributed by atoms with van der Waals surface area (Å²) in [6.45, 7) is 9.52. The van der Waals surface area contributed by atoms with Crippen LogP contribution in [0.1, 0.15) is 44.4 Å². The van der Waals surface area contributed by atoms with Crippen LogP contribution in [-0.2, 0) is 0 Å². The Kier molecular flexibility index (Phi) is 7.21. The number of hydrogen-bond acceptors (Lipinski definition) is 2.